The number of nitrogens with zero attached hydrogens (tertiary/aromatic N) is 3. The number of carbonyl (C=O) groups excluding carboxylic acids is 1. The van der Waals surface area contributed by atoms with Crippen molar-refractivity contribution in [1.82, 2.24) is 9.88 Å². The molecule has 0 saturated carbocycles. The van der Waals surface area contributed by atoms with Crippen LogP contribution in [-0.4, -0.2) is 49.1 Å². The van der Waals surface area contributed by atoms with Gasteiger partial charge in [-0.05, 0) is 42.3 Å². The number of methoxy groups -OCH3 is 1. The first-order chi connectivity index (χ1) is 14.0. The lowest BCUT2D eigenvalue weighted by molar-refractivity contribution is 0.0751. The van der Waals surface area contributed by atoms with E-state index in [4.69, 9.17) is 4.74 Å². The molecule has 4 rings (SSSR count). The Hall–Kier alpha value is -2.93. The number of benzene rings is 1. The number of rotatable bonds is 4. The van der Waals surface area contributed by atoms with Gasteiger partial charge < -0.3 is 14.5 Å². The first-order valence-electron chi connectivity index (χ1n) is 9.46. The van der Waals surface area contributed by atoms with Crippen LogP contribution in [0.1, 0.15) is 15.2 Å². The van der Waals surface area contributed by atoms with Crippen molar-refractivity contribution in [1.29, 1.82) is 0 Å². The molecule has 3 aromatic rings. The summed E-state index contributed by atoms with van der Waals surface area (Å²) in [6.07, 6.45) is 1.73. The van der Waals surface area contributed by atoms with Crippen LogP contribution >= 0.6 is 11.3 Å². The van der Waals surface area contributed by atoms with Crippen LogP contribution in [0, 0.1) is 12.7 Å². The van der Waals surface area contributed by atoms with Gasteiger partial charge in [0.05, 0.1) is 12.0 Å². The molecule has 1 fully saturated rings. The summed E-state index contributed by atoms with van der Waals surface area (Å²) in [7, 11) is 1.64. The number of aromatic nitrogens is 1. The number of aryl methyl sites for hydroxylation is 1. The monoisotopic (exact) mass is 411 g/mol. The van der Waals surface area contributed by atoms with Crippen LogP contribution in [0.3, 0.4) is 0 Å². The molecule has 3 heterocycles. The van der Waals surface area contributed by atoms with E-state index in [1.807, 2.05) is 30.0 Å². The minimum absolute atomic E-state index is 0.0460. The molecule has 2 aromatic heterocycles. The Morgan fingerprint density at radius 2 is 1.83 bits per heavy atom. The molecule has 7 heteroatoms. The van der Waals surface area contributed by atoms with Gasteiger partial charge in [-0.3, -0.25) is 4.79 Å². The molecule has 0 unspecified atom stereocenters. The van der Waals surface area contributed by atoms with Crippen LogP contribution < -0.4 is 9.64 Å². The Labute approximate surface area is 173 Å². The molecule has 0 atom stereocenters. The maximum atomic E-state index is 13.2. The lowest BCUT2D eigenvalue weighted by Gasteiger charge is -2.35. The topological polar surface area (TPSA) is 45.7 Å². The average Bonchev–Trinajstić information content (AvgIpc) is 3.15. The maximum Gasteiger partial charge on any atom is 0.264 e. The number of thiophene rings is 1. The summed E-state index contributed by atoms with van der Waals surface area (Å²) in [6.45, 7) is 4.71. The van der Waals surface area contributed by atoms with Gasteiger partial charge in [0.2, 0.25) is 0 Å². The number of anilines is 1. The fourth-order valence-corrected chi connectivity index (χ4v) is 4.62. The second-order valence-electron chi connectivity index (χ2n) is 6.96. The smallest absolute Gasteiger partial charge is 0.264 e. The summed E-state index contributed by atoms with van der Waals surface area (Å²) in [4.78, 5) is 23.2. The lowest BCUT2D eigenvalue weighted by atomic mass is 10.1. The molecule has 1 saturated heterocycles. The summed E-state index contributed by atoms with van der Waals surface area (Å²) in [6, 6.07) is 12.1. The second-order valence-corrected chi connectivity index (χ2v) is 8.01. The number of hydrogen-bond donors (Lipinski definition) is 0. The first kappa shape index (κ1) is 19.4. The van der Waals surface area contributed by atoms with Gasteiger partial charge in [-0.25, -0.2) is 9.37 Å². The molecule has 0 aliphatic carbocycles. The van der Waals surface area contributed by atoms with Crippen molar-refractivity contribution in [3.63, 3.8) is 0 Å². The molecular weight excluding hydrogens is 389 g/mol. The number of amides is 1. The molecule has 5 nitrogen and oxygen atoms in total. The summed E-state index contributed by atoms with van der Waals surface area (Å²) in [5, 5.41) is 0. The third-order valence-electron chi connectivity index (χ3n) is 5.08. The molecule has 1 aromatic carbocycles. The van der Waals surface area contributed by atoms with Gasteiger partial charge in [-0.2, -0.15) is 0 Å². The minimum atomic E-state index is -0.261. The van der Waals surface area contributed by atoms with E-state index in [0.29, 0.717) is 13.1 Å². The van der Waals surface area contributed by atoms with Crippen molar-refractivity contribution in [2.24, 2.45) is 0 Å². The predicted molar refractivity (Wildman–Crippen MR) is 113 cm³/mol. The maximum absolute atomic E-state index is 13.2. The SMILES string of the molecule is COc1ccnc(N2CCN(C(=O)c3cc(C)c(-c4ccc(F)cc4)s3)CC2)c1. The van der Waals surface area contributed by atoms with E-state index in [1.165, 1.54) is 23.5 Å². The van der Waals surface area contributed by atoms with Gasteiger partial charge in [0, 0.05) is 43.3 Å². The molecule has 0 N–H and O–H groups in total. The van der Waals surface area contributed by atoms with E-state index in [0.717, 1.165) is 45.5 Å². The summed E-state index contributed by atoms with van der Waals surface area (Å²) in [5.74, 6) is 1.42. The Kier molecular flexibility index (Phi) is 5.49. The van der Waals surface area contributed by atoms with Crippen molar-refractivity contribution < 1.29 is 13.9 Å². The highest BCUT2D eigenvalue weighted by molar-refractivity contribution is 7.17. The Bertz CT molecular complexity index is 1010. The van der Waals surface area contributed by atoms with E-state index in [1.54, 1.807) is 25.4 Å². The van der Waals surface area contributed by atoms with Crippen molar-refractivity contribution in [2.75, 3.05) is 38.2 Å². The van der Waals surface area contributed by atoms with E-state index in [9.17, 15) is 9.18 Å². The van der Waals surface area contributed by atoms with Crippen molar-refractivity contribution in [2.45, 2.75) is 6.92 Å². The zero-order valence-electron chi connectivity index (χ0n) is 16.4. The fraction of sp³-hybridized carbons (Fsp3) is 0.273. The van der Waals surface area contributed by atoms with E-state index < -0.39 is 0 Å². The molecule has 0 spiro atoms. The Morgan fingerprint density at radius 3 is 2.52 bits per heavy atom. The standard InChI is InChI=1S/C22H22FN3O2S/c1-15-13-19(29-21(15)16-3-5-17(23)6-4-16)22(27)26-11-9-25(10-12-26)20-14-18(28-2)7-8-24-20/h3-8,13-14H,9-12H2,1-2H3. The Morgan fingerprint density at radius 1 is 1.10 bits per heavy atom. The normalized spacial score (nSPS) is 14.2. The third kappa shape index (κ3) is 4.10. The van der Waals surface area contributed by atoms with Crippen LogP contribution in [0.5, 0.6) is 5.75 Å². The second kappa shape index (κ2) is 8.21. The highest BCUT2D eigenvalue weighted by atomic mass is 32.1. The highest BCUT2D eigenvalue weighted by Gasteiger charge is 2.25. The minimum Gasteiger partial charge on any atom is -0.497 e. The molecule has 0 radical (unpaired) electrons. The highest BCUT2D eigenvalue weighted by Crippen LogP contribution is 2.33. The summed E-state index contributed by atoms with van der Waals surface area (Å²) >= 11 is 1.47. The number of ether oxygens (including phenoxy) is 1. The lowest BCUT2D eigenvalue weighted by Crippen LogP contribution is -2.48. The van der Waals surface area contributed by atoms with E-state index >= 15 is 0 Å². The molecule has 1 aliphatic heterocycles. The van der Waals surface area contributed by atoms with Gasteiger partial charge >= 0.3 is 0 Å². The van der Waals surface area contributed by atoms with Crippen molar-refractivity contribution in [3.05, 3.63) is 64.9 Å². The molecular formula is C22H22FN3O2S. The zero-order valence-corrected chi connectivity index (χ0v) is 17.2. The van der Waals surface area contributed by atoms with Crippen LogP contribution in [0.4, 0.5) is 10.2 Å². The van der Waals surface area contributed by atoms with Crippen molar-refractivity contribution >= 4 is 23.1 Å². The van der Waals surface area contributed by atoms with E-state index in [-0.39, 0.29) is 11.7 Å². The van der Waals surface area contributed by atoms with Gasteiger partial charge in [0.15, 0.2) is 0 Å². The summed E-state index contributed by atoms with van der Waals surface area (Å²) < 4.78 is 18.5. The van der Waals surface area contributed by atoms with Crippen LogP contribution in [-0.2, 0) is 0 Å². The van der Waals surface area contributed by atoms with Gasteiger partial charge in [-0.1, -0.05) is 12.1 Å². The molecule has 150 valence electrons. The predicted octanol–water partition coefficient (Wildman–Crippen LogP) is 4.23. The molecule has 29 heavy (non-hydrogen) atoms. The van der Waals surface area contributed by atoms with Gasteiger partial charge in [-0.15, -0.1) is 11.3 Å². The average molecular weight is 412 g/mol. The number of pyridine rings is 1. The number of carbonyl (C=O) groups is 1. The number of hydrogen-bond acceptors (Lipinski definition) is 5. The molecule has 0 bridgehead atoms. The summed E-state index contributed by atoms with van der Waals surface area (Å²) in [5.41, 5.74) is 1.96. The van der Waals surface area contributed by atoms with E-state index in [2.05, 4.69) is 9.88 Å². The zero-order chi connectivity index (χ0) is 20.4. The van der Waals surface area contributed by atoms with Gasteiger partial charge in [0.25, 0.3) is 5.91 Å². The van der Waals surface area contributed by atoms with Gasteiger partial charge in [0.1, 0.15) is 17.4 Å². The molecule has 1 amide bonds. The number of piperazine rings is 1. The van der Waals surface area contributed by atoms with Crippen molar-refractivity contribution in [3.8, 4) is 16.2 Å². The quantitative estimate of drug-likeness (QED) is 0.645. The fourth-order valence-electron chi connectivity index (χ4n) is 3.47. The van der Waals surface area contributed by atoms with Crippen LogP contribution in [0.2, 0.25) is 0 Å². The van der Waals surface area contributed by atoms with Crippen LogP contribution in [0.15, 0.2) is 48.7 Å². The van der Waals surface area contributed by atoms with Crippen LogP contribution in [0.25, 0.3) is 10.4 Å². The molecule has 1 aliphatic rings. The third-order valence-corrected chi connectivity index (χ3v) is 6.35. The Balaban J connectivity index is 1.44. The largest absolute Gasteiger partial charge is 0.497 e. The first-order valence-corrected chi connectivity index (χ1v) is 10.3. The number of halogens is 1.